The van der Waals surface area contributed by atoms with Gasteiger partial charge in [-0.15, -0.1) is 5.10 Å². The van der Waals surface area contributed by atoms with E-state index in [4.69, 9.17) is 9.47 Å². The largest absolute Gasteiger partial charge is 0.463 e. The zero-order valence-corrected chi connectivity index (χ0v) is 17.9. The molecule has 0 radical (unpaired) electrons. The molecular weight excluding hydrogens is 443 g/mol. The molecule has 32 heavy (non-hydrogen) atoms. The summed E-state index contributed by atoms with van der Waals surface area (Å²) in [5, 5.41) is 8.13. The number of benzene rings is 2. The van der Waals surface area contributed by atoms with E-state index in [-0.39, 0.29) is 35.4 Å². The van der Waals surface area contributed by atoms with E-state index in [9.17, 15) is 18.0 Å². The van der Waals surface area contributed by atoms with Crippen LogP contribution in [0.25, 0.3) is 11.3 Å². The van der Waals surface area contributed by atoms with Crippen LogP contribution in [0.3, 0.4) is 0 Å². The van der Waals surface area contributed by atoms with Crippen LogP contribution in [0.2, 0.25) is 0 Å². The summed E-state index contributed by atoms with van der Waals surface area (Å²) in [7, 11) is 0. The van der Waals surface area contributed by atoms with Crippen molar-refractivity contribution in [1.29, 1.82) is 0 Å². The molecule has 0 aliphatic carbocycles. The first kappa shape index (κ1) is 22.3. The average Bonchev–Trinajstić information content (AvgIpc) is 3.27. The van der Waals surface area contributed by atoms with Gasteiger partial charge in [-0.25, -0.2) is 17.9 Å². The van der Waals surface area contributed by atoms with Crippen LogP contribution >= 0.6 is 11.8 Å². The third-order valence-electron chi connectivity index (χ3n) is 4.99. The molecule has 1 saturated heterocycles. The summed E-state index contributed by atoms with van der Waals surface area (Å²) in [6.45, 7) is 1.44. The molecule has 4 rings (SSSR count). The van der Waals surface area contributed by atoms with Crippen LogP contribution in [0.4, 0.5) is 13.2 Å². The number of rotatable bonds is 6. The van der Waals surface area contributed by atoms with Crippen molar-refractivity contribution in [2.24, 2.45) is 0 Å². The van der Waals surface area contributed by atoms with E-state index in [1.165, 1.54) is 6.92 Å². The fourth-order valence-electron chi connectivity index (χ4n) is 3.50. The Morgan fingerprint density at radius 2 is 1.91 bits per heavy atom. The van der Waals surface area contributed by atoms with Crippen molar-refractivity contribution in [2.45, 2.75) is 42.2 Å². The first-order valence-electron chi connectivity index (χ1n) is 9.96. The van der Waals surface area contributed by atoms with Gasteiger partial charge in [0.1, 0.15) is 17.7 Å². The Labute approximate surface area is 186 Å². The van der Waals surface area contributed by atoms with Crippen molar-refractivity contribution < 1.29 is 27.4 Å². The van der Waals surface area contributed by atoms with Crippen molar-refractivity contribution in [2.75, 3.05) is 6.61 Å². The molecule has 0 saturated carbocycles. The van der Waals surface area contributed by atoms with E-state index < -0.39 is 23.4 Å². The number of carbonyl (C=O) groups is 1. The van der Waals surface area contributed by atoms with E-state index in [0.29, 0.717) is 12.8 Å². The molecule has 10 heteroatoms. The minimum Gasteiger partial charge on any atom is -0.463 e. The Balaban J connectivity index is 1.54. The second kappa shape index (κ2) is 9.74. The topological polar surface area (TPSA) is 66.2 Å². The molecule has 0 spiro atoms. The van der Waals surface area contributed by atoms with Gasteiger partial charge in [-0.1, -0.05) is 35.2 Å². The first-order valence-corrected chi connectivity index (χ1v) is 10.8. The number of thioether (sulfide) groups is 1. The predicted molar refractivity (Wildman–Crippen MR) is 111 cm³/mol. The van der Waals surface area contributed by atoms with E-state index in [0.717, 1.165) is 17.0 Å². The summed E-state index contributed by atoms with van der Waals surface area (Å²) >= 11 is 1.54. The molecule has 1 fully saturated rings. The number of esters is 1. The monoisotopic (exact) mass is 463 g/mol. The van der Waals surface area contributed by atoms with Gasteiger partial charge in [0.2, 0.25) is 0 Å². The molecule has 2 heterocycles. The molecule has 1 aliphatic rings. The van der Waals surface area contributed by atoms with Crippen LogP contribution in [0.15, 0.2) is 53.6 Å². The lowest BCUT2D eigenvalue weighted by atomic mass is 10.0. The fraction of sp³-hybridized carbons (Fsp3) is 0.318. The molecule has 0 bridgehead atoms. The number of aromatic nitrogens is 3. The van der Waals surface area contributed by atoms with Gasteiger partial charge in [-0.05, 0) is 30.7 Å². The third-order valence-corrected chi connectivity index (χ3v) is 6.10. The zero-order chi connectivity index (χ0) is 22.7. The first-order chi connectivity index (χ1) is 15.4. The Hall–Kier alpha value is -2.85. The van der Waals surface area contributed by atoms with E-state index in [1.807, 2.05) is 30.3 Å². The molecular formula is C22H20F3N3O3S. The highest BCUT2D eigenvalue weighted by Gasteiger charge is 2.32. The lowest BCUT2D eigenvalue weighted by Crippen LogP contribution is -2.36. The van der Waals surface area contributed by atoms with E-state index >= 15 is 0 Å². The predicted octanol–water partition coefficient (Wildman–Crippen LogP) is 4.76. The number of nitrogens with zero attached hydrogens (tertiary/aromatic N) is 3. The highest BCUT2D eigenvalue weighted by Crippen LogP contribution is 2.37. The van der Waals surface area contributed by atoms with Crippen LogP contribution in [-0.4, -0.2) is 39.1 Å². The van der Waals surface area contributed by atoms with Crippen LogP contribution in [0.1, 0.15) is 25.8 Å². The Bertz CT molecular complexity index is 1070. The van der Waals surface area contributed by atoms with E-state index in [1.54, 1.807) is 22.6 Å². The third kappa shape index (κ3) is 5.31. The Kier molecular flexibility index (Phi) is 6.80. The van der Waals surface area contributed by atoms with Gasteiger partial charge in [-0.3, -0.25) is 4.79 Å². The molecule has 3 atom stereocenters. The SMILES string of the molecule is CC(=O)OC[C@@H]1C[C@H](n2cc(-c3cc(F)c(F)c(F)c3)nn2)C[C@@H](Sc2ccccc2)O1. The molecule has 168 valence electrons. The molecule has 6 nitrogen and oxygen atoms in total. The van der Waals surface area contributed by atoms with Gasteiger partial charge in [0.05, 0.1) is 18.3 Å². The van der Waals surface area contributed by atoms with Gasteiger partial charge >= 0.3 is 5.97 Å². The van der Waals surface area contributed by atoms with Crippen LogP contribution < -0.4 is 0 Å². The maximum Gasteiger partial charge on any atom is 0.302 e. The van der Waals surface area contributed by atoms with Gasteiger partial charge in [-0.2, -0.15) is 0 Å². The van der Waals surface area contributed by atoms with Crippen molar-refractivity contribution in [1.82, 2.24) is 15.0 Å². The Morgan fingerprint density at radius 1 is 1.19 bits per heavy atom. The van der Waals surface area contributed by atoms with Crippen molar-refractivity contribution >= 4 is 17.7 Å². The quantitative estimate of drug-likeness (QED) is 0.388. The van der Waals surface area contributed by atoms with Crippen molar-refractivity contribution in [3.63, 3.8) is 0 Å². The summed E-state index contributed by atoms with van der Waals surface area (Å²) in [5.41, 5.74) is 0.0783. The van der Waals surface area contributed by atoms with E-state index in [2.05, 4.69) is 10.3 Å². The highest BCUT2D eigenvalue weighted by atomic mass is 32.2. The molecule has 0 unspecified atom stereocenters. The zero-order valence-electron chi connectivity index (χ0n) is 17.1. The molecule has 1 aromatic heterocycles. The normalized spacial score (nSPS) is 20.8. The number of hydrogen-bond acceptors (Lipinski definition) is 6. The molecule has 3 aromatic rings. The summed E-state index contributed by atoms with van der Waals surface area (Å²) in [4.78, 5) is 12.3. The highest BCUT2D eigenvalue weighted by molar-refractivity contribution is 7.99. The van der Waals surface area contributed by atoms with Gasteiger partial charge in [0.15, 0.2) is 17.5 Å². The minimum atomic E-state index is -1.53. The van der Waals surface area contributed by atoms with Gasteiger partial charge in [0, 0.05) is 23.8 Å². The smallest absolute Gasteiger partial charge is 0.302 e. The maximum atomic E-state index is 13.6. The fourth-order valence-corrected chi connectivity index (χ4v) is 4.65. The summed E-state index contributed by atoms with van der Waals surface area (Å²) in [6, 6.07) is 11.4. The number of halogens is 3. The number of carbonyl (C=O) groups excluding carboxylic acids is 1. The van der Waals surface area contributed by atoms with Crippen molar-refractivity contribution in [3.05, 3.63) is 66.1 Å². The van der Waals surface area contributed by atoms with Gasteiger partial charge in [0.25, 0.3) is 0 Å². The number of hydrogen-bond donors (Lipinski definition) is 0. The van der Waals surface area contributed by atoms with Crippen LogP contribution in [0.5, 0.6) is 0 Å². The summed E-state index contributed by atoms with van der Waals surface area (Å²) < 4.78 is 53.4. The maximum absolute atomic E-state index is 13.6. The summed E-state index contributed by atoms with van der Waals surface area (Å²) in [6.07, 6.45) is 2.31. The van der Waals surface area contributed by atoms with Crippen LogP contribution in [-0.2, 0) is 14.3 Å². The Morgan fingerprint density at radius 3 is 2.59 bits per heavy atom. The molecule has 0 N–H and O–H groups in total. The standard InChI is InChI=1S/C22H20F3N3O3S/c1-13(29)30-12-16-9-15(10-21(31-16)32-17-5-3-2-4-6-17)28-11-20(26-27-28)14-7-18(23)22(25)19(24)8-14/h2-8,11,15-16,21H,9-10,12H2,1H3/t15-,16-,21+/m0/s1. The lowest BCUT2D eigenvalue weighted by Gasteiger charge is -2.34. The minimum absolute atomic E-state index is 0.0892. The van der Waals surface area contributed by atoms with Crippen molar-refractivity contribution in [3.8, 4) is 11.3 Å². The van der Waals surface area contributed by atoms with Gasteiger partial charge < -0.3 is 9.47 Å². The second-order valence-electron chi connectivity index (χ2n) is 7.38. The molecule has 2 aromatic carbocycles. The molecule has 0 amide bonds. The molecule has 1 aliphatic heterocycles. The van der Waals surface area contributed by atoms with Crippen LogP contribution in [0, 0.1) is 17.5 Å². The summed E-state index contributed by atoms with van der Waals surface area (Å²) in [5.74, 6) is -4.51. The second-order valence-corrected chi connectivity index (χ2v) is 8.62. The lowest BCUT2D eigenvalue weighted by molar-refractivity contribution is -0.148. The average molecular weight is 463 g/mol. The number of ether oxygens (including phenoxy) is 2.